The summed E-state index contributed by atoms with van der Waals surface area (Å²) < 4.78 is 7.46. The van der Waals surface area contributed by atoms with Crippen LogP contribution in [0.2, 0.25) is 0 Å². The highest BCUT2D eigenvalue weighted by molar-refractivity contribution is 5.93. The van der Waals surface area contributed by atoms with Crippen LogP contribution in [0.25, 0.3) is 0 Å². The Morgan fingerprint density at radius 2 is 2.29 bits per heavy atom. The van der Waals surface area contributed by atoms with Gasteiger partial charge in [0.1, 0.15) is 5.82 Å². The van der Waals surface area contributed by atoms with Crippen LogP contribution < -0.4 is 5.32 Å². The fraction of sp³-hybridized carbons (Fsp3) is 0.556. The fourth-order valence-corrected chi connectivity index (χ4v) is 3.98. The van der Waals surface area contributed by atoms with Crippen LogP contribution in [0.5, 0.6) is 0 Å². The lowest BCUT2D eigenvalue weighted by molar-refractivity contribution is 0.0652. The van der Waals surface area contributed by atoms with Gasteiger partial charge in [0.25, 0.3) is 5.91 Å². The number of nitrogens with zero attached hydrogens (tertiary/aromatic N) is 3. The van der Waals surface area contributed by atoms with Crippen molar-refractivity contribution in [1.29, 1.82) is 0 Å². The molecule has 4 rings (SSSR count). The molecule has 2 aliphatic rings. The third-order valence-electron chi connectivity index (χ3n) is 5.67. The average Bonchev–Trinajstić information content (AvgIpc) is 2.91. The summed E-state index contributed by atoms with van der Waals surface area (Å²) in [5, 5.41) is 3.42. The minimum Gasteiger partial charge on any atom is -0.459 e. The van der Waals surface area contributed by atoms with Crippen LogP contribution >= 0.6 is 0 Å². The molecule has 1 atom stereocenters. The molecule has 0 bridgehead atoms. The molecular weight excluding hydrogens is 304 g/mol. The number of piperidine rings is 1. The van der Waals surface area contributed by atoms with Crippen molar-refractivity contribution in [2.75, 3.05) is 13.1 Å². The standard InChI is InChI=1S/C18H24N4O2/c1-13-3-10-24-16(13)17(23)22(12-15-20-8-9-21(15)2)14-11-18(14)4-6-19-7-5-18/h3,8-10,14,19H,4-7,11-12H2,1-2H3/t14-/m1/s1. The first-order valence-electron chi connectivity index (χ1n) is 8.63. The Bertz CT molecular complexity index is 742. The van der Waals surface area contributed by atoms with Gasteiger partial charge < -0.3 is 19.2 Å². The lowest BCUT2D eigenvalue weighted by atomic mass is 9.93. The zero-order valence-corrected chi connectivity index (χ0v) is 14.3. The summed E-state index contributed by atoms with van der Waals surface area (Å²) in [7, 11) is 1.97. The molecule has 3 heterocycles. The number of hydrogen-bond acceptors (Lipinski definition) is 4. The summed E-state index contributed by atoms with van der Waals surface area (Å²) in [6.45, 7) is 4.53. The Kier molecular flexibility index (Phi) is 3.72. The Balaban J connectivity index is 1.62. The van der Waals surface area contributed by atoms with Gasteiger partial charge in [0.2, 0.25) is 0 Å². The van der Waals surface area contributed by atoms with Crippen molar-refractivity contribution in [3.05, 3.63) is 41.9 Å². The largest absolute Gasteiger partial charge is 0.459 e. The van der Waals surface area contributed by atoms with E-state index < -0.39 is 0 Å². The number of imidazole rings is 1. The van der Waals surface area contributed by atoms with Gasteiger partial charge in [-0.05, 0) is 50.8 Å². The fourth-order valence-electron chi connectivity index (χ4n) is 3.98. The number of carbonyl (C=O) groups is 1. The van der Waals surface area contributed by atoms with Crippen molar-refractivity contribution in [3.8, 4) is 0 Å². The quantitative estimate of drug-likeness (QED) is 0.934. The highest BCUT2D eigenvalue weighted by atomic mass is 16.3. The average molecular weight is 328 g/mol. The number of carbonyl (C=O) groups excluding carboxylic acids is 1. The predicted molar refractivity (Wildman–Crippen MR) is 89.5 cm³/mol. The monoisotopic (exact) mass is 328 g/mol. The van der Waals surface area contributed by atoms with Gasteiger partial charge >= 0.3 is 0 Å². The molecule has 128 valence electrons. The third-order valence-corrected chi connectivity index (χ3v) is 5.67. The smallest absolute Gasteiger partial charge is 0.290 e. The van der Waals surface area contributed by atoms with Crippen LogP contribution in [0.3, 0.4) is 0 Å². The minimum absolute atomic E-state index is 0.0130. The van der Waals surface area contributed by atoms with E-state index in [1.54, 1.807) is 12.5 Å². The number of hydrogen-bond donors (Lipinski definition) is 1. The minimum atomic E-state index is -0.0130. The molecule has 1 aliphatic carbocycles. The first-order valence-corrected chi connectivity index (χ1v) is 8.63. The summed E-state index contributed by atoms with van der Waals surface area (Å²) in [6, 6.07) is 2.13. The van der Waals surface area contributed by atoms with Crippen molar-refractivity contribution in [3.63, 3.8) is 0 Å². The van der Waals surface area contributed by atoms with Crippen molar-refractivity contribution < 1.29 is 9.21 Å². The van der Waals surface area contributed by atoms with Gasteiger partial charge in [-0.2, -0.15) is 0 Å². The molecule has 0 radical (unpaired) electrons. The third kappa shape index (κ3) is 2.55. The molecule has 2 aromatic rings. The van der Waals surface area contributed by atoms with Gasteiger partial charge in [0.15, 0.2) is 5.76 Å². The van der Waals surface area contributed by atoms with E-state index in [-0.39, 0.29) is 17.4 Å². The van der Waals surface area contributed by atoms with E-state index in [9.17, 15) is 4.79 Å². The molecule has 0 aromatic carbocycles. The number of furan rings is 1. The number of rotatable bonds is 4. The van der Waals surface area contributed by atoms with E-state index in [2.05, 4.69) is 10.3 Å². The molecule has 6 heteroatoms. The summed E-state index contributed by atoms with van der Waals surface area (Å²) in [6.07, 6.45) is 8.66. The predicted octanol–water partition coefficient (Wildman–Crippen LogP) is 2.11. The first-order chi connectivity index (χ1) is 11.6. The molecule has 24 heavy (non-hydrogen) atoms. The summed E-state index contributed by atoms with van der Waals surface area (Å²) >= 11 is 0. The van der Waals surface area contributed by atoms with E-state index in [1.807, 2.05) is 35.7 Å². The molecule has 6 nitrogen and oxygen atoms in total. The van der Waals surface area contributed by atoms with Gasteiger partial charge in [-0.3, -0.25) is 4.79 Å². The Morgan fingerprint density at radius 1 is 1.50 bits per heavy atom. The number of aromatic nitrogens is 2. The van der Waals surface area contributed by atoms with Crippen molar-refractivity contribution in [1.82, 2.24) is 19.8 Å². The van der Waals surface area contributed by atoms with Crippen LogP contribution in [0.1, 0.15) is 41.2 Å². The highest BCUT2D eigenvalue weighted by Crippen LogP contribution is 2.56. The van der Waals surface area contributed by atoms with Crippen LogP contribution in [0, 0.1) is 12.3 Å². The number of aryl methyl sites for hydroxylation is 2. The second-order valence-corrected chi connectivity index (χ2v) is 7.15. The lowest BCUT2D eigenvalue weighted by Gasteiger charge is -2.29. The summed E-state index contributed by atoms with van der Waals surface area (Å²) in [4.78, 5) is 19.5. The van der Waals surface area contributed by atoms with Gasteiger partial charge in [-0.15, -0.1) is 0 Å². The van der Waals surface area contributed by atoms with E-state index in [4.69, 9.17) is 4.42 Å². The molecule has 1 aliphatic heterocycles. The van der Waals surface area contributed by atoms with E-state index >= 15 is 0 Å². The van der Waals surface area contributed by atoms with Crippen molar-refractivity contribution in [2.24, 2.45) is 12.5 Å². The number of nitrogens with one attached hydrogen (secondary N) is 1. The van der Waals surface area contributed by atoms with Crippen LogP contribution in [0.4, 0.5) is 0 Å². The Morgan fingerprint density at radius 3 is 2.92 bits per heavy atom. The van der Waals surface area contributed by atoms with Crippen LogP contribution in [-0.2, 0) is 13.6 Å². The Hall–Kier alpha value is -2.08. The van der Waals surface area contributed by atoms with Crippen LogP contribution in [-0.4, -0.2) is 39.5 Å². The van der Waals surface area contributed by atoms with Gasteiger partial charge in [0, 0.05) is 31.0 Å². The molecule has 1 saturated carbocycles. The molecule has 0 unspecified atom stereocenters. The second kappa shape index (κ2) is 5.77. The maximum absolute atomic E-state index is 13.2. The summed E-state index contributed by atoms with van der Waals surface area (Å²) in [5.41, 5.74) is 1.18. The van der Waals surface area contributed by atoms with E-state index in [0.29, 0.717) is 12.3 Å². The first kappa shape index (κ1) is 15.4. The molecule has 1 N–H and O–H groups in total. The van der Waals surface area contributed by atoms with Gasteiger partial charge in [-0.25, -0.2) is 4.98 Å². The summed E-state index contributed by atoms with van der Waals surface area (Å²) in [5.74, 6) is 1.35. The molecule has 1 saturated heterocycles. The second-order valence-electron chi connectivity index (χ2n) is 7.15. The highest BCUT2D eigenvalue weighted by Gasteiger charge is 2.58. The Labute approximate surface area is 141 Å². The molecule has 1 amide bonds. The lowest BCUT2D eigenvalue weighted by Crippen LogP contribution is -2.39. The molecular formula is C18H24N4O2. The molecule has 2 aromatic heterocycles. The topological polar surface area (TPSA) is 63.3 Å². The normalized spacial score (nSPS) is 21.8. The zero-order valence-electron chi connectivity index (χ0n) is 14.3. The van der Waals surface area contributed by atoms with Gasteiger partial charge in [0.05, 0.1) is 12.8 Å². The maximum atomic E-state index is 13.2. The van der Waals surface area contributed by atoms with Crippen molar-refractivity contribution in [2.45, 2.75) is 38.8 Å². The van der Waals surface area contributed by atoms with Crippen LogP contribution in [0.15, 0.2) is 29.1 Å². The number of amides is 1. The van der Waals surface area contributed by atoms with Gasteiger partial charge in [-0.1, -0.05) is 0 Å². The zero-order chi connectivity index (χ0) is 16.7. The molecule has 2 fully saturated rings. The maximum Gasteiger partial charge on any atom is 0.290 e. The molecule has 1 spiro atoms. The van der Waals surface area contributed by atoms with Crippen molar-refractivity contribution >= 4 is 5.91 Å². The van der Waals surface area contributed by atoms with E-state index in [1.165, 1.54) is 0 Å². The van der Waals surface area contributed by atoms with E-state index in [0.717, 1.165) is 43.7 Å². The SMILES string of the molecule is Cc1ccoc1C(=O)N(Cc1nccn1C)[C@@H]1CC12CCNCC2.